The second-order valence-corrected chi connectivity index (χ2v) is 13.3. The molecule has 1 saturated heterocycles. The first-order valence-corrected chi connectivity index (χ1v) is 12.3. The SMILES string of the molecule is CC(C)(C)[Si](C)(C)Oc1ccc(Cc2coc(N3CCNCC3)n2)cc1. The topological polar surface area (TPSA) is 50.5 Å². The zero-order valence-electron chi connectivity index (χ0n) is 16.6. The van der Waals surface area contributed by atoms with Crippen LogP contribution in [0, 0.1) is 0 Å². The van der Waals surface area contributed by atoms with Gasteiger partial charge >= 0.3 is 0 Å². The van der Waals surface area contributed by atoms with Crippen molar-refractivity contribution < 1.29 is 8.84 Å². The summed E-state index contributed by atoms with van der Waals surface area (Å²) in [5, 5.41) is 3.54. The molecule has 1 aromatic carbocycles. The van der Waals surface area contributed by atoms with E-state index in [1.807, 2.05) is 0 Å². The van der Waals surface area contributed by atoms with Gasteiger partial charge in [-0.15, -0.1) is 0 Å². The summed E-state index contributed by atoms with van der Waals surface area (Å²) in [6.07, 6.45) is 2.55. The Balaban J connectivity index is 1.62. The third-order valence-corrected chi connectivity index (χ3v) is 9.77. The summed E-state index contributed by atoms with van der Waals surface area (Å²) < 4.78 is 12.0. The Morgan fingerprint density at radius 2 is 1.81 bits per heavy atom. The number of piperazine rings is 1. The fourth-order valence-corrected chi connectivity index (χ4v) is 3.74. The van der Waals surface area contributed by atoms with Gasteiger partial charge in [-0.05, 0) is 35.8 Å². The molecule has 0 amide bonds. The van der Waals surface area contributed by atoms with E-state index in [4.69, 9.17) is 8.84 Å². The summed E-state index contributed by atoms with van der Waals surface area (Å²) in [6.45, 7) is 15.2. The summed E-state index contributed by atoms with van der Waals surface area (Å²) >= 11 is 0. The molecule has 1 fully saturated rings. The Kier molecular flexibility index (Phi) is 5.44. The number of benzene rings is 1. The summed E-state index contributed by atoms with van der Waals surface area (Å²) in [5.74, 6) is 0.960. The molecule has 5 nitrogen and oxygen atoms in total. The molecule has 142 valence electrons. The van der Waals surface area contributed by atoms with E-state index in [1.54, 1.807) is 6.26 Å². The number of rotatable bonds is 5. The predicted octanol–water partition coefficient (Wildman–Crippen LogP) is 4.06. The van der Waals surface area contributed by atoms with Crippen LogP contribution >= 0.6 is 0 Å². The second kappa shape index (κ2) is 7.45. The minimum atomic E-state index is -1.79. The van der Waals surface area contributed by atoms with Crippen molar-refractivity contribution in [1.29, 1.82) is 0 Å². The van der Waals surface area contributed by atoms with E-state index < -0.39 is 8.32 Å². The molecule has 2 aromatic rings. The van der Waals surface area contributed by atoms with E-state index in [9.17, 15) is 0 Å². The summed E-state index contributed by atoms with van der Waals surface area (Å²) in [7, 11) is -1.79. The number of hydrogen-bond acceptors (Lipinski definition) is 5. The first-order chi connectivity index (χ1) is 12.2. The van der Waals surface area contributed by atoms with Crippen LogP contribution in [0.15, 0.2) is 34.9 Å². The first-order valence-electron chi connectivity index (χ1n) is 9.43. The van der Waals surface area contributed by atoms with Gasteiger partial charge < -0.3 is 19.1 Å². The molecule has 1 N–H and O–H groups in total. The third kappa shape index (κ3) is 4.48. The number of nitrogens with one attached hydrogen (secondary N) is 1. The lowest BCUT2D eigenvalue weighted by Gasteiger charge is -2.36. The smallest absolute Gasteiger partial charge is 0.297 e. The molecule has 0 saturated carbocycles. The van der Waals surface area contributed by atoms with Gasteiger partial charge in [-0.2, -0.15) is 4.98 Å². The fraction of sp³-hybridized carbons (Fsp3) is 0.550. The summed E-state index contributed by atoms with van der Waals surface area (Å²) in [6, 6.07) is 9.14. The molecule has 26 heavy (non-hydrogen) atoms. The largest absolute Gasteiger partial charge is 0.544 e. The lowest BCUT2D eigenvalue weighted by molar-refractivity contribution is 0.492. The van der Waals surface area contributed by atoms with Crippen molar-refractivity contribution in [2.24, 2.45) is 0 Å². The van der Waals surface area contributed by atoms with Gasteiger partial charge in [0.15, 0.2) is 0 Å². The molecule has 0 bridgehead atoms. The maximum atomic E-state index is 6.35. The highest BCUT2D eigenvalue weighted by molar-refractivity contribution is 6.74. The normalized spacial score (nSPS) is 16.0. The number of anilines is 1. The lowest BCUT2D eigenvalue weighted by atomic mass is 10.1. The molecule has 1 aromatic heterocycles. The van der Waals surface area contributed by atoms with Crippen LogP contribution in [0.4, 0.5) is 6.01 Å². The van der Waals surface area contributed by atoms with E-state index in [0.29, 0.717) is 0 Å². The molecule has 0 spiro atoms. The number of oxazole rings is 1. The molecular formula is C20H31N3O2Si. The van der Waals surface area contributed by atoms with Crippen LogP contribution in [-0.4, -0.2) is 39.5 Å². The van der Waals surface area contributed by atoms with Crippen molar-refractivity contribution in [2.75, 3.05) is 31.1 Å². The molecular weight excluding hydrogens is 342 g/mol. The molecule has 6 heteroatoms. The average Bonchev–Trinajstić information content (AvgIpc) is 3.05. The summed E-state index contributed by atoms with van der Waals surface area (Å²) in [4.78, 5) is 6.84. The van der Waals surface area contributed by atoms with Crippen molar-refractivity contribution in [1.82, 2.24) is 10.3 Å². The van der Waals surface area contributed by atoms with Crippen LogP contribution < -0.4 is 14.6 Å². The molecule has 1 aliphatic rings. The molecule has 0 aliphatic carbocycles. The Morgan fingerprint density at radius 3 is 2.42 bits per heavy atom. The summed E-state index contributed by atoms with van der Waals surface area (Å²) in [5.41, 5.74) is 2.18. The number of nitrogens with zero attached hydrogens (tertiary/aromatic N) is 2. The molecule has 0 atom stereocenters. The Morgan fingerprint density at radius 1 is 1.15 bits per heavy atom. The maximum Gasteiger partial charge on any atom is 0.297 e. The van der Waals surface area contributed by atoms with E-state index >= 15 is 0 Å². The zero-order chi connectivity index (χ0) is 18.8. The predicted molar refractivity (Wildman–Crippen MR) is 109 cm³/mol. The average molecular weight is 374 g/mol. The monoisotopic (exact) mass is 373 g/mol. The van der Waals surface area contributed by atoms with Crippen LogP contribution in [0.2, 0.25) is 18.1 Å². The molecule has 0 radical (unpaired) electrons. The number of aromatic nitrogens is 1. The van der Waals surface area contributed by atoms with E-state index in [0.717, 1.165) is 50.1 Å². The van der Waals surface area contributed by atoms with Gasteiger partial charge in [-0.3, -0.25) is 0 Å². The highest BCUT2D eigenvalue weighted by Gasteiger charge is 2.38. The first kappa shape index (κ1) is 19.0. The molecule has 2 heterocycles. The van der Waals surface area contributed by atoms with Crippen LogP contribution in [0.3, 0.4) is 0 Å². The van der Waals surface area contributed by atoms with E-state index in [-0.39, 0.29) is 5.04 Å². The Hall–Kier alpha value is -1.79. The maximum absolute atomic E-state index is 6.35. The van der Waals surface area contributed by atoms with E-state index in [2.05, 4.69) is 73.3 Å². The Labute approximate surface area is 157 Å². The van der Waals surface area contributed by atoms with Crippen LogP contribution in [0.5, 0.6) is 5.75 Å². The zero-order valence-corrected chi connectivity index (χ0v) is 17.6. The van der Waals surface area contributed by atoms with Crippen LogP contribution in [0.25, 0.3) is 0 Å². The quantitative estimate of drug-likeness (QED) is 0.801. The highest BCUT2D eigenvalue weighted by Crippen LogP contribution is 2.37. The van der Waals surface area contributed by atoms with Crippen molar-refractivity contribution in [3.8, 4) is 5.75 Å². The molecule has 3 rings (SSSR count). The van der Waals surface area contributed by atoms with Gasteiger partial charge in [0.05, 0.1) is 5.69 Å². The van der Waals surface area contributed by atoms with Gasteiger partial charge in [-0.25, -0.2) is 0 Å². The standard InChI is InChI=1S/C20H31N3O2Si/c1-20(2,3)26(4,5)25-18-8-6-16(7-9-18)14-17-15-24-19(22-17)23-12-10-21-11-13-23/h6-9,15,21H,10-14H2,1-5H3. The van der Waals surface area contributed by atoms with Gasteiger partial charge in [0.1, 0.15) is 12.0 Å². The van der Waals surface area contributed by atoms with Crippen LogP contribution in [-0.2, 0) is 6.42 Å². The third-order valence-electron chi connectivity index (χ3n) is 5.41. The minimum Gasteiger partial charge on any atom is -0.544 e. The van der Waals surface area contributed by atoms with Gasteiger partial charge in [0.25, 0.3) is 6.01 Å². The van der Waals surface area contributed by atoms with Gasteiger partial charge in [0.2, 0.25) is 8.32 Å². The Bertz CT molecular complexity index is 713. The minimum absolute atomic E-state index is 0.201. The van der Waals surface area contributed by atoms with Crippen molar-refractivity contribution in [3.05, 3.63) is 41.8 Å². The second-order valence-electron chi connectivity index (χ2n) is 8.54. The number of hydrogen-bond donors (Lipinski definition) is 1. The van der Waals surface area contributed by atoms with Crippen molar-refractivity contribution in [3.63, 3.8) is 0 Å². The van der Waals surface area contributed by atoms with Gasteiger partial charge in [0, 0.05) is 32.6 Å². The van der Waals surface area contributed by atoms with Crippen molar-refractivity contribution in [2.45, 2.75) is 45.3 Å². The molecule has 1 aliphatic heterocycles. The fourth-order valence-electron chi connectivity index (χ4n) is 2.71. The van der Waals surface area contributed by atoms with Gasteiger partial charge in [-0.1, -0.05) is 32.9 Å². The van der Waals surface area contributed by atoms with E-state index in [1.165, 1.54) is 5.56 Å². The molecule has 0 unspecified atom stereocenters. The van der Waals surface area contributed by atoms with Crippen LogP contribution in [0.1, 0.15) is 32.0 Å². The van der Waals surface area contributed by atoms with Crippen molar-refractivity contribution >= 4 is 14.3 Å². The lowest BCUT2D eigenvalue weighted by Crippen LogP contribution is -2.43. The highest BCUT2D eigenvalue weighted by atomic mass is 28.4.